The van der Waals surface area contributed by atoms with Crippen molar-refractivity contribution in [3.8, 4) is 0 Å². The molecule has 0 saturated carbocycles. The molecule has 4 nitrogen and oxygen atoms in total. The largest absolute Gasteiger partial charge is 0.444 e. The predicted octanol–water partition coefficient (Wildman–Crippen LogP) is 2.90. The Morgan fingerprint density at radius 2 is 1.84 bits per heavy atom. The van der Waals surface area contributed by atoms with E-state index in [0.29, 0.717) is 0 Å². The molecule has 1 N–H and O–H groups in total. The van der Waals surface area contributed by atoms with Gasteiger partial charge in [-0.3, -0.25) is 0 Å². The summed E-state index contributed by atoms with van der Waals surface area (Å²) in [5.41, 5.74) is 1.49. The van der Waals surface area contributed by atoms with Gasteiger partial charge in [0.1, 0.15) is 5.60 Å². The minimum atomic E-state index is -0.543. The zero-order chi connectivity index (χ0) is 14.6. The van der Waals surface area contributed by atoms with E-state index < -0.39 is 17.7 Å². The average Bonchev–Trinajstić information content (AvgIpc) is 2.30. The van der Waals surface area contributed by atoms with Crippen molar-refractivity contribution in [1.82, 2.24) is 4.90 Å². The van der Waals surface area contributed by atoms with E-state index >= 15 is 0 Å². The minimum absolute atomic E-state index is 0.140. The predicted molar refractivity (Wildman–Crippen MR) is 75.0 cm³/mol. The van der Waals surface area contributed by atoms with Gasteiger partial charge in [-0.15, -0.1) is 0 Å². The second kappa shape index (κ2) is 6.06. The highest BCUT2D eigenvalue weighted by atomic mass is 16.6. The summed E-state index contributed by atoms with van der Waals surface area (Å²) in [6.45, 7) is 7.31. The molecule has 106 valence electrons. The van der Waals surface area contributed by atoms with Gasteiger partial charge in [-0.25, -0.2) is 4.79 Å². The lowest BCUT2D eigenvalue weighted by molar-refractivity contribution is 0.0159. The maximum Gasteiger partial charge on any atom is 0.410 e. The number of ether oxygens (including phenoxy) is 1. The fourth-order valence-electron chi connectivity index (χ4n) is 1.70. The number of nitrogens with zero attached hydrogens (tertiary/aromatic N) is 1. The molecule has 1 rings (SSSR count). The van der Waals surface area contributed by atoms with Gasteiger partial charge >= 0.3 is 6.09 Å². The number of benzene rings is 1. The molecule has 1 unspecified atom stereocenters. The van der Waals surface area contributed by atoms with E-state index in [-0.39, 0.29) is 6.61 Å². The van der Waals surface area contributed by atoms with Crippen LogP contribution in [0, 0.1) is 6.92 Å². The van der Waals surface area contributed by atoms with Gasteiger partial charge < -0.3 is 14.7 Å². The Bertz CT molecular complexity index is 420. The number of aliphatic hydroxyl groups is 1. The Balaban J connectivity index is 2.85. The summed E-state index contributed by atoms with van der Waals surface area (Å²) >= 11 is 0. The summed E-state index contributed by atoms with van der Waals surface area (Å²) in [4.78, 5) is 13.4. The first kappa shape index (κ1) is 15.5. The summed E-state index contributed by atoms with van der Waals surface area (Å²) in [6.07, 6.45) is -0.438. The minimum Gasteiger partial charge on any atom is -0.444 e. The first-order chi connectivity index (χ1) is 8.74. The van der Waals surface area contributed by atoms with Crippen molar-refractivity contribution in [2.75, 3.05) is 13.7 Å². The molecule has 0 radical (unpaired) electrons. The van der Waals surface area contributed by atoms with Crippen LogP contribution in [-0.4, -0.2) is 35.4 Å². The maximum absolute atomic E-state index is 12.0. The molecule has 0 aromatic heterocycles. The van der Waals surface area contributed by atoms with E-state index in [1.165, 1.54) is 4.90 Å². The van der Waals surface area contributed by atoms with Crippen molar-refractivity contribution in [3.05, 3.63) is 35.4 Å². The van der Waals surface area contributed by atoms with Gasteiger partial charge in [-0.1, -0.05) is 29.8 Å². The van der Waals surface area contributed by atoms with Crippen molar-refractivity contribution in [2.24, 2.45) is 0 Å². The lowest BCUT2D eigenvalue weighted by atomic mass is 10.1. The normalized spacial score (nSPS) is 12.9. The van der Waals surface area contributed by atoms with Crippen LogP contribution in [0.4, 0.5) is 4.79 Å². The van der Waals surface area contributed by atoms with Crippen LogP contribution in [0.2, 0.25) is 0 Å². The molecule has 1 amide bonds. The molecule has 0 spiro atoms. The quantitative estimate of drug-likeness (QED) is 0.914. The number of carbonyl (C=O) groups excluding carboxylic acids is 1. The smallest absolute Gasteiger partial charge is 0.410 e. The van der Waals surface area contributed by atoms with Crippen LogP contribution < -0.4 is 0 Å². The number of amides is 1. The summed E-state index contributed by atoms with van der Waals surface area (Å²) in [5, 5.41) is 9.52. The lowest BCUT2D eigenvalue weighted by Crippen LogP contribution is -2.37. The zero-order valence-corrected chi connectivity index (χ0v) is 12.3. The van der Waals surface area contributed by atoms with Crippen molar-refractivity contribution < 1.29 is 14.6 Å². The molecule has 4 heteroatoms. The molecule has 0 saturated heterocycles. The molecule has 0 heterocycles. The molecular formula is C15H23NO3. The summed E-state index contributed by atoms with van der Waals surface area (Å²) in [7, 11) is 1.63. The van der Waals surface area contributed by atoms with Crippen LogP contribution in [0.1, 0.15) is 37.9 Å². The SMILES string of the molecule is Cc1ccc(C(CO)N(C)C(=O)OC(C)(C)C)cc1. The number of likely N-dealkylation sites (N-methyl/N-ethyl adjacent to an activating group) is 1. The van der Waals surface area contributed by atoms with E-state index in [1.807, 2.05) is 52.0 Å². The first-order valence-corrected chi connectivity index (χ1v) is 6.38. The molecule has 0 aliphatic rings. The third-order valence-electron chi connectivity index (χ3n) is 2.78. The van der Waals surface area contributed by atoms with Crippen LogP contribution >= 0.6 is 0 Å². The van der Waals surface area contributed by atoms with Gasteiger partial charge in [0, 0.05) is 7.05 Å². The summed E-state index contributed by atoms with van der Waals surface area (Å²) < 4.78 is 5.30. The zero-order valence-electron chi connectivity index (χ0n) is 12.3. The number of rotatable bonds is 3. The fraction of sp³-hybridized carbons (Fsp3) is 0.533. The molecule has 0 fully saturated rings. The summed E-state index contributed by atoms with van der Waals surface area (Å²) in [5.74, 6) is 0. The van der Waals surface area contributed by atoms with Crippen molar-refractivity contribution in [3.63, 3.8) is 0 Å². The van der Waals surface area contributed by atoms with Gasteiger partial charge in [0.2, 0.25) is 0 Å². The molecule has 0 aliphatic carbocycles. The molecule has 0 aliphatic heterocycles. The van der Waals surface area contributed by atoms with Gasteiger partial charge in [0.05, 0.1) is 12.6 Å². The highest BCUT2D eigenvalue weighted by Crippen LogP contribution is 2.21. The fourth-order valence-corrected chi connectivity index (χ4v) is 1.70. The van der Waals surface area contributed by atoms with Gasteiger partial charge in [-0.05, 0) is 33.3 Å². The van der Waals surface area contributed by atoms with Crippen LogP contribution in [0.3, 0.4) is 0 Å². The van der Waals surface area contributed by atoms with Crippen molar-refractivity contribution in [2.45, 2.75) is 39.3 Å². The number of carbonyl (C=O) groups is 1. The highest BCUT2D eigenvalue weighted by molar-refractivity contribution is 5.68. The van der Waals surface area contributed by atoms with E-state index in [9.17, 15) is 9.90 Å². The topological polar surface area (TPSA) is 49.8 Å². The van der Waals surface area contributed by atoms with Crippen LogP contribution in [0.25, 0.3) is 0 Å². The van der Waals surface area contributed by atoms with E-state index in [0.717, 1.165) is 11.1 Å². The first-order valence-electron chi connectivity index (χ1n) is 6.38. The second-order valence-corrected chi connectivity index (χ2v) is 5.70. The standard InChI is InChI=1S/C15H23NO3/c1-11-6-8-12(9-7-11)13(10-17)16(5)14(18)19-15(2,3)4/h6-9,13,17H,10H2,1-5H3. The van der Waals surface area contributed by atoms with Crippen LogP contribution in [-0.2, 0) is 4.74 Å². The van der Waals surface area contributed by atoms with E-state index in [4.69, 9.17) is 4.74 Å². The Labute approximate surface area is 115 Å². The van der Waals surface area contributed by atoms with Gasteiger partial charge in [0.25, 0.3) is 0 Å². The van der Waals surface area contributed by atoms with Gasteiger partial charge in [0.15, 0.2) is 0 Å². The average molecular weight is 265 g/mol. The summed E-state index contributed by atoms with van der Waals surface area (Å²) in [6, 6.07) is 7.35. The Kier molecular flexibility index (Phi) is 4.95. The van der Waals surface area contributed by atoms with E-state index in [2.05, 4.69) is 0 Å². The molecular weight excluding hydrogens is 242 g/mol. The Morgan fingerprint density at radius 1 is 1.32 bits per heavy atom. The number of hydrogen-bond acceptors (Lipinski definition) is 3. The van der Waals surface area contributed by atoms with Crippen LogP contribution in [0.15, 0.2) is 24.3 Å². The van der Waals surface area contributed by atoms with E-state index in [1.54, 1.807) is 7.05 Å². The maximum atomic E-state index is 12.0. The second-order valence-electron chi connectivity index (χ2n) is 5.70. The van der Waals surface area contributed by atoms with Crippen LogP contribution in [0.5, 0.6) is 0 Å². The molecule has 19 heavy (non-hydrogen) atoms. The number of hydrogen-bond donors (Lipinski definition) is 1. The number of aryl methyl sites for hydroxylation is 1. The Hall–Kier alpha value is -1.55. The third kappa shape index (κ3) is 4.56. The molecule has 1 aromatic carbocycles. The van der Waals surface area contributed by atoms with Crippen molar-refractivity contribution >= 4 is 6.09 Å². The van der Waals surface area contributed by atoms with Crippen molar-refractivity contribution in [1.29, 1.82) is 0 Å². The third-order valence-corrected chi connectivity index (χ3v) is 2.78. The van der Waals surface area contributed by atoms with Gasteiger partial charge in [-0.2, -0.15) is 0 Å². The molecule has 1 atom stereocenters. The lowest BCUT2D eigenvalue weighted by Gasteiger charge is -2.30. The Morgan fingerprint density at radius 3 is 2.26 bits per heavy atom. The number of aliphatic hydroxyl groups excluding tert-OH is 1. The molecule has 0 bridgehead atoms. The molecule has 1 aromatic rings. The highest BCUT2D eigenvalue weighted by Gasteiger charge is 2.25. The monoisotopic (exact) mass is 265 g/mol.